The SMILES string of the molecule is CCOc1ccc(N(CC(=O)N(Cc2ccc(OC)cc2)[C@H](CC)C(=O)NC2CCCCC2)S(=O)(=O)c2ccc(SC)cc2)cc1. The molecule has 0 spiro atoms. The van der Waals surface area contributed by atoms with E-state index in [1.54, 1.807) is 67.8 Å². The normalized spacial score (nSPS) is 14.3. The molecule has 1 saturated carbocycles. The summed E-state index contributed by atoms with van der Waals surface area (Å²) >= 11 is 1.51. The summed E-state index contributed by atoms with van der Waals surface area (Å²) < 4.78 is 40.4. The molecule has 11 heteroatoms. The van der Waals surface area contributed by atoms with E-state index in [2.05, 4.69) is 5.32 Å². The fourth-order valence-electron chi connectivity index (χ4n) is 5.67. The largest absolute Gasteiger partial charge is 0.497 e. The second-order valence-electron chi connectivity index (χ2n) is 11.3. The summed E-state index contributed by atoms with van der Waals surface area (Å²) in [7, 11) is -2.59. The lowest BCUT2D eigenvalue weighted by atomic mass is 9.95. The van der Waals surface area contributed by atoms with E-state index >= 15 is 0 Å². The number of carbonyl (C=O) groups excluding carboxylic acids is 2. The fourth-order valence-corrected chi connectivity index (χ4v) is 7.49. The number of sulfonamides is 1. The molecule has 4 rings (SSSR count). The predicted octanol–water partition coefficient (Wildman–Crippen LogP) is 6.27. The molecule has 3 aromatic rings. The average Bonchev–Trinajstić information content (AvgIpc) is 3.08. The second kappa shape index (κ2) is 16.7. The standard InChI is InChI=1S/C35H45N3O6S2/c1-5-33(35(40)36-27-10-8-7-9-11-27)37(24-26-12-16-29(43-3)17-13-26)34(39)25-38(28-14-18-30(19-15-28)44-6-2)46(41,42)32-22-20-31(45-4)21-23-32/h12-23,27,33H,5-11,24-25H2,1-4H3,(H,36,40)/t33-/m1/s1. The van der Waals surface area contributed by atoms with Gasteiger partial charge in [0.05, 0.1) is 24.3 Å². The van der Waals surface area contributed by atoms with Gasteiger partial charge in [0, 0.05) is 17.5 Å². The van der Waals surface area contributed by atoms with Gasteiger partial charge in [0.2, 0.25) is 11.8 Å². The van der Waals surface area contributed by atoms with Crippen molar-refractivity contribution in [3.63, 3.8) is 0 Å². The molecule has 0 radical (unpaired) electrons. The van der Waals surface area contributed by atoms with E-state index in [4.69, 9.17) is 9.47 Å². The van der Waals surface area contributed by atoms with Gasteiger partial charge < -0.3 is 19.7 Å². The number of anilines is 1. The number of nitrogens with zero attached hydrogens (tertiary/aromatic N) is 2. The Kier molecular flexibility index (Phi) is 12.8. The van der Waals surface area contributed by atoms with Crippen LogP contribution in [-0.4, -0.2) is 63.7 Å². The third-order valence-corrected chi connectivity index (χ3v) is 10.7. The Bertz CT molecular complexity index is 1520. The molecule has 1 aliphatic carbocycles. The van der Waals surface area contributed by atoms with Crippen molar-refractivity contribution >= 4 is 39.3 Å². The number of methoxy groups -OCH3 is 1. The van der Waals surface area contributed by atoms with Crippen molar-refractivity contribution in [3.05, 3.63) is 78.4 Å². The third kappa shape index (κ3) is 8.97. The lowest BCUT2D eigenvalue weighted by Gasteiger charge is -2.34. The van der Waals surface area contributed by atoms with E-state index in [-0.39, 0.29) is 23.4 Å². The molecule has 1 N–H and O–H groups in total. The highest BCUT2D eigenvalue weighted by Crippen LogP contribution is 2.28. The van der Waals surface area contributed by atoms with Crippen LogP contribution in [0.4, 0.5) is 5.69 Å². The van der Waals surface area contributed by atoms with E-state index < -0.39 is 28.5 Å². The maximum atomic E-state index is 14.4. The average molecular weight is 668 g/mol. The zero-order valence-corrected chi connectivity index (χ0v) is 28.7. The predicted molar refractivity (Wildman–Crippen MR) is 183 cm³/mol. The minimum atomic E-state index is -4.17. The van der Waals surface area contributed by atoms with E-state index in [9.17, 15) is 18.0 Å². The molecule has 0 aliphatic heterocycles. The molecule has 0 heterocycles. The number of hydrogen-bond donors (Lipinski definition) is 1. The van der Waals surface area contributed by atoms with Crippen molar-refractivity contribution in [3.8, 4) is 11.5 Å². The molecule has 0 bridgehead atoms. The number of benzene rings is 3. The first kappa shape index (κ1) is 35.2. The Morgan fingerprint density at radius 1 is 0.913 bits per heavy atom. The third-order valence-electron chi connectivity index (χ3n) is 8.21. The molecule has 9 nitrogen and oxygen atoms in total. The van der Waals surface area contributed by atoms with Crippen molar-refractivity contribution in [1.29, 1.82) is 0 Å². The van der Waals surface area contributed by atoms with Crippen molar-refractivity contribution in [2.45, 2.75) is 80.8 Å². The molecule has 0 unspecified atom stereocenters. The van der Waals surface area contributed by atoms with Crippen LogP contribution in [0.2, 0.25) is 0 Å². The molecule has 1 atom stereocenters. The Balaban J connectivity index is 1.71. The highest BCUT2D eigenvalue weighted by Gasteiger charge is 2.34. The Hall–Kier alpha value is -3.70. The summed E-state index contributed by atoms with van der Waals surface area (Å²) in [6, 6.07) is 19.8. The van der Waals surface area contributed by atoms with E-state index in [0.29, 0.717) is 30.2 Å². The number of ether oxygens (including phenoxy) is 2. The Morgan fingerprint density at radius 3 is 2.11 bits per heavy atom. The lowest BCUT2D eigenvalue weighted by Crippen LogP contribution is -2.54. The van der Waals surface area contributed by atoms with Gasteiger partial charge in [-0.1, -0.05) is 38.3 Å². The topological polar surface area (TPSA) is 105 Å². The Labute approximate surface area is 277 Å². The van der Waals surface area contributed by atoms with Crippen LogP contribution in [0.15, 0.2) is 82.6 Å². The van der Waals surface area contributed by atoms with Crippen LogP contribution in [0.25, 0.3) is 0 Å². The minimum Gasteiger partial charge on any atom is -0.497 e. The molecule has 3 aromatic carbocycles. The molecule has 0 aromatic heterocycles. The number of amides is 2. The number of nitrogens with one attached hydrogen (secondary N) is 1. The number of hydrogen-bond acceptors (Lipinski definition) is 7. The number of carbonyl (C=O) groups is 2. The van der Waals surface area contributed by atoms with Crippen molar-refractivity contribution in [1.82, 2.24) is 10.2 Å². The second-order valence-corrected chi connectivity index (χ2v) is 14.0. The van der Waals surface area contributed by atoms with E-state index in [1.165, 1.54) is 16.7 Å². The number of thioether (sulfide) groups is 1. The van der Waals surface area contributed by atoms with Crippen LogP contribution in [0.5, 0.6) is 11.5 Å². The van der Waals surface area contributed by atoms with Crippen molar-refractivity contribution in [2.75, 3.05) is 30.8 Å². The zero-order valence-electron chi connectivity index (χ0n) is 27.1. The maximum absolute atomic E-state index is 14.4. The van der Waals surface area contributed by atoms with Gasteiger partial charge >= 0.3 is 0 Å². The fraction of sp³-hybridized carbons (Fsp3) is 0.429. The van der Waals surface area contributed by atoms with E-state index in [0.717, 1.165) is 46.9 Å². The van der Waals surface area contributed by atoms with Gasteiger partial charge in [-0.05, 0) is 98.7 Å². The first-order valence-electron chi connectivity index (χ1n) is 15.8. The van der Waals surface area contributed by atoms with Crippen molar-refractivity contribution < 1.29 is 27.5 Å². The van der Waals surface area contributed by atoms with Crippen LogP contribution in [0, 0.1) is 0 Å². The smallest absolute Gasteiger partial charge is 0.264 e. The van der Waals surface area contributed by atoms with Gasteiger partial charge in [0.25, 0.3) is 10.0 Å². The number of rotatable bonds is 15. The van der Waals surface area contributed by atoms with E-state index in [1.807, 2.05) is 32.2 Å². The summed E-state index contributed by atoms with van der Waals surface area (Å²) in [6.07, 6.45) is 7.38. The highest BCUT2D eigenvalue weighted by molar-refractivity contribution is 7.98. The molecule has 0 saturated heterocycles. The maximum Gasteiger partial charge on any atom is 0.264 e. The van der Waals surface area contributed by atoms with Gasteiger partial charge in [0.1, 0.15) is 24.1 Å². The molecule has 1 aliphatic rings. The molecular formula is C35H45N3O6S2. The van der Waals surface area contributed by atoms with Crippen LogP contribution in [-0.2, 0) is 26.2 Å². The first-order chi connectivity index (χ1) is 22.2. The summed E-state index contributed by atoms with van der Waals surface area (Å²) in [6.45, 7) is 3.83. The van der Waals surface area contributed by atoms with Crippen molar-refractivity contribution in [2.24, 2.45) is 0 Å². The van der Waals surface area contributed by atoms with Gasteiger partial charge in [-0.25, -0.2) is 8.42 Å². The Morgan fingerprint density at radius 2 is 1.54 bits per heavy atom. The van der Waals surface area contributed by atoms with Gasteiger partial charge in [-0.2, -0.15) is 0 Å². The van der Waals surface area contributed by atoms with Crippen LogP contribution >= 0.6 is 11.8 Å². The van der Waals surface area contributed by atoms with Crippen LogP contribution < -0.4 is 19.1 Å². The first-order valence-corrected chi connectivity index (χ1v) is 18.5. The summed E-state index contributed by atoms with van der Waals surface area (Å²) in [5, 5.41) is 3.18. The molecule has 1 fully saturated rings. The molecule has 2 amide bonds. The summed E-state index contributed by atoms with van der Waals surface area (Å²) in [5.41, 5.74) is 1.11. The monoisotopic (exact) mass is 667 g/mol. The molecule has 248 valence electrons. The van der Waals surface area contributed by atoms with Crippen LogP contribution in [0.1, 0.15) is 57.9 Å². The molecule has 46 heavy (non-hydrogen) atoms. The summed E-state index contributed by atoms with van der Waals surface area (Å²) in [5.74, 6) is 0.550. The lowest BCUT2D eigenvalue weighted by molar-refractivity contribution is -0.140. The highest BCUT2D eigenvalue weighted by atomic mass is 32.2. The molecular weight excluding hydrogens is 623 g/mol. The summed E-state index contributed by atoms with van der Waals surface area (Å²) in [4.78, 5) is 30.6. The minimum absolute atomic E-state index is 0.0655. The quantitative estimate of drug-likeness (QED) is 0.191. The van der Waals surface area contributed by atoms with Gasteiger partial charge in [-0.15, -0.1) is 11.8 Å². The van der Waals surface area contributed by atoms with Gasteiger partial charge in [-0.3, -0.25) is 13.9 Å². The zero-order chi connectivity index (χ0) is 33.1. The van der Waals surface area contributed by atoms with Gasteiger partial charge in [0.15, 0.2) is 0 Å². The van der Waals surface area contributed by atoms with Crippen LogP contribution in [0.3, 0.4) is 0 Å².